The van der Waals surface area contributed by atoms with Gasteiger partial charge >= 0.3 is 0 Å². The molecule has 4 atom stereocenters. The minimum absolute atomic E-state index is 0.0882. The summed E-state index contributed by atoms with van der Waals surface area (Å²) in [4.78, 5) is 25.5. The minimum atomic E-state index is -0.656. The van der Waals surface area contributed by atoms with Crippen LogP contribution < -0.4 is 11.1 Å². The van der Waals surface area contributed by atoms with E-state index in [0.29, 0.717) is 31.7 Å². The number of primary amides is 1. The smallest absolute Gasteiger partial charge is 0.248 e. The molecule has 112 valence electrons. The Morgan fingerprint density at radius 1 is 1.25 bits per heavy atom. The molecule has 3 N–H and O–H groups in total. The van der Waals surface area contributed by atoms with Crippen LogP contribution in [0.1, 0.15) is 32.1 Å². The van der Waals surface area contributed by atoms with Gasteiger partial charge in [-0.05, 0) is 25.2 Å². The highest BCUT2D eigenvalue weighted by molar-refractivity contribution is 5.84. The van der Waals surface area contributed by atoms with E-state index in [-0.39, 0.29) is 11.9 Å². The van der Waals surface area contributed by atoms with Crippen molar-refractivity contribution in [3.63, 3.8) is 0 Å². The van der Waals surface area contributed by atoms with Crippen LogP contribution in [0.2, 0.25) is 0 Å². The third-order valence-electron chi connectivity index (χ3n) is 4.86. The van der Waals surface area contributed by atoms with Gasteiger partial charge in [0.05, 0.1) is 19.2 Å². The molecule has 0 aromatic rings. The van der Waals surface area contributed by atoms with Crippen molar-refractivity contribution in [3.05, 3.63) is 0 Å². The van der Waals surface area contributed by atoms with Gasteiger partial charge in [0.25, 0.3) is 0 Å². The predicted octanol–water partition coefficient (Wildman–Crippen LogP) is -0.380. The molecule has 3 rings (SSSR count). The van der Waals surface area contributed by atoms with Crippen LogP contribution in [0.15, 0.2) is 0 Å². The molecule has 0 unspecified atom stereocenters. The number of nitrogens with one attached hydrogen (secondary N) is 1. The standard InChI is InChI=1S/C14H23N3O3/c15-13(18)12-8-17(5-6-20-12)14(19)11-7-9-3-1-2-4-10(9)16-11/h9-12,16H,1-8H2,(H2,15,18)/t9-,10-,11+,12+/m1/s1. The molecule has 1 aliphatic carbocycles. The monoisotopic (exact) mass is 281 g/mol. The quantitative estimate of drug-likeness (QED) is 0.722. The van der Waals surface area contributed by atoms with E-state index >= 15 is 0 Å². The fourth-order valence-corrected chi connectivity index (χ4v) is 3.75. The van der Waals surface area contributed by atoms with Gasteiger partial charge in [0.15, 0.2) is 6.10 Å². The van der Waals surface area contributed by atoms with Crippen LogP contribution in [-0.2, 0) is 14.3 Å². The van der Waals surface area contributed by atoms with E-state index in [1.165, 1.54) is 25.7 Å². The molecule has 2 heterocycles. The lowest BCUT2D eigenvalue weighted by molar-refractivity contribution is -0.146. The number of nitrogens with two attached hydrogens (primary N) is 1. The Hall–Kier alpha value is -1.14. The third-order valence-corrected chi connectivity index (χ3v) is 4.86. The van der Waals surface area contributed by atoms with Gasteiger partial charge in [-0.15, -0.1) is 0 Å². The van der Waals surface area contributed by atoms with Gasteiger partial charge in [-0.2, -0.15) is 0 Å². The van der Waals surface area contributed by atoms with E-state index < -0.39 is 12.0 Å². The SMILES string of the molecule is NC(=O)[C@@H]1CN(C(=O)[C@@H]2C[C@H]3CCCC[C@H]3N2)CCO1. The normalized spacial score (nSPS) is 37.5. The highest BCUT2D eigenvalue weighted by atomic mass is 16.5. The number of hydrogen-bond donors (Lipinski definition) is 2. The van der Waals surface area contributed by atoms with Crippen molar-refractivity contribution in [2.45, 2.75) is 50.3 Å². The van der Waals surface area contributed by atoms with E-state index in [0.717, 1.165) is 6.42 Å². The Balaban J connectivity index is 1.60. The van der Waals surface area contributed by atoms with Crippen molar-refractivity contribution >= 4 is 11.8 Å². The van der Waals surface area contributed by atoms with E-state index in [9.17, 15) is 9.59 Å². The van der Waals surface area contributed by atoms with Crippen molar-refractivity contribution in [1.82, 2.24) is 10.2 Å². The van der Waals surface area contributed by atoms with E-state index in [2.05, 4.69) is 5.32 Å². The lowest BCUT2D eigenvalue weighted by atomic mass is 9.85. The lowest BCUT2D eigenvalue weighted by Gasteiger charge is -2.33. The zero-order chi connectivity index (χ0) is 14.1. The second-order valence-corrected chi connectivity index (χ2v) is 6.15. The first-order valence-electron chi connectivity index (χ1n) is 7.61. The van der Waals surface area contributed by atoms with Gasteiger partial charge in [0.2, 0.25) is 11.8 Å². The first-order chi connectivity index (χ1) is 9.65. The number of ether oxygens (including phenoxy) is 1. The number of morpholine rings is 1. The van der Waals surface area contributed by atoms with Gasteiger partial charge in [0.1, 0.15) is 0 Å². The molecular formula is C14H23N3O3. The molecular weight excluding hydrogens is 258 g/mol. The van der Waals surface area contributed by atoms with Gasteiger partial charge in [0, 0.05) is 12.6 Å². The van der Waals surface area contributed by atoms with E-state index in [1.807, 2.05) is 0 Å². The molecule has 1 saturated carbocycles. The second-order valence-electron chi connectivity index (χ2n) is 6.15. The number of rotatable bonds is 2. The minimum Gasteiger partial charge on any atom is -0.367 e. The molecule has 3 aliphatic rings. The van der Waals surface area contributed by atoms with Crippen LogP contribution in [-0.4, -0.2) is 54.6 Å². The zero-order valence-corrected chi connectivity index (χ0v) is 11.7. The Morgan fingerprint density at radius 2 is 2.05 bits per heavy atom. The van der Waals surface area contributed by atoms with Crippen molar-refractivity contribution in [1.29, 1.82) is 0 Å². The first-order valence-corrected chi connectivity index (χ1v) is 7.61. The maximum atomic E-state index is 12.6. The molecule has 0 aromatic heterocycles. The summed E-state index contributed by atoms with van der Waals surface area (Å²) in [7, 11) is 0. The molecule has 0 radical (unpaired) electrons. The van der Waals surface area contributed by atoms with E-state index in [4.69, 9.17) is 10.5 Å². The number of hydrogen-bond acceptors (Lipinski definition) is 4. The van der Waals surface area contributed by atoms with Crippen molar-refractivity contribution in [3.8, 4) is 0 Å². The molecule has 2 amide bonds. The number of amides is 2. The van der Waals surface area contributed by atoms with Crippen LogP contribution in [0.5, 0.6) is 0 Å². The fraction of sp³-hybridized carbons (Fsp3) is 0.857. The highest BCUT2D eigenvalue weighted by Crippen LogP contribution is 2.33. The molecule has 0 aromatic carbocycles. The zero-order valence-electron chi connectivity index (χ0n) is 11.7. The number of carbonyl (C=O) groups excluding carboxylic acids is 2. The summed E-state index contributed by atoms with van der Waals surface area (Å²) >= 11 is 0. The molecule has 6 heteroatoms. The summed E-state index contributed by atoms with van der Waals surface area (Å²) in [5, 5.41) is 3.49. The van der Waals surface area contributed by atoms with Crippen LogP contribution in [0.3, 0.4) is 0 Å². The van der Waals surface area contributed by atoms with E-state index in [1.54, 1.807) is 4.90 Å². The molecule has 3 fully saturated rings. The summed E-state index contributed by atoms with van der Waals surface area (Å²) in [6, 6.07) is 0.417. The second kappa shape index (κ2) is 5.69. The molecule has 2 aliphatic heterocycles. The van der Waals surface area contributed by atoms with Gasteiger partial charge in [-0.25, -0.2) is 0 Å². The van der Waals surface area contributed by atoms with Crippen molar-refractivity contribution in [2.75, 3.05) is 19.7 Å². The molecule has 6 nitrogen and oxygen atoms in total. The van der Waals surface area contributed by atoms with Crippen LogP contribution in [0, 0.1) is 5.92 Å². The number of fused-ring (bicyclic) bond motifs is 1. The third kappa shape index (κ3) is 2.67. The highest BCUT2D eigenvalue weighted by Gasteiger charge is 2.40. The molecule has 2 saturated heterocycles. The predicted molar refractivity (Wildman–Crippen MR) is 72.8 cm³/mol. The lowest BCUT2D eigenvalue weighted by Crippen LogP contribution is -2.54. The summed E-state index contributed by atoms with van der Waals surface area (Å²) < 4.78 is 5.29. The summed E-state index contributed by atoms with van der Waals surface area (Å²) in [5.41, 5.74) is 5.26. The number of carbonyl (C=O) groups is 2. The summed E-state index contributed by atoms with van der Waals surface area (Å²) in [6.07, 6.45) is 5.23. The molecule has 20 heavy (non-hydrogen) atoms. The van der Waals surface area contributed by atoms with Crippen LogP contribution >= 0.6 is 0 Å². The first kappa shape index (κ1) is 13.8. The Bertz CT molecular complexity index is 387. The summed E-state index contributed by atoms with van der Waals surface area (Å²) in [6.45, 7) is 1.23. The fourth-order valence-electron chi connectivity index (χ4n) is 3.75. The maximum absolute atomic E-state index is 12.6. The largest absolute Gasteiger partial charge is 0.367 e. The summed E-state index contributed by atoms with van der Waals surface area (Å²) in [5.74, 6) is 0.259. The molecule has 0 bridgehead atoms. The van der Waals surface area contributed by atoms with Crippen molar-refractivity contribution in [2.24, 2.45) is 11.7 Å². The average Bonchev–Trinajstić information content (AvgIpc) is 2.90. The Labute approximate surface area is 119 Å². The van der Waals surface area contributed by atoms with Crippen LogP contribution in [0.4, 0.5) is 0 Å². The number of nitrogens with zero attached hydrogens (tertiary/aromatic N) is 1. The molecule has 0 spiro atoms. The average molecular weight is 281 g/mol. The Kier molecular flexibility index (Phi) is 3.94. The Morgan fingerprint density at radius 3 is 2.80 bits per heavy atom. The van der Waals surface area contributed by atoms with Gasteiger partial charge in [-0.1, -0.05) is 12.8 Å². The maximum Gasteiger partial charge on any atom is 0.248 e. The van der Waals surface area contributed by atoms with Crippen molar-refractivity contribution < 1.29 is 14.3 Å². The van der Waals surface area contributed by atoms with Gasteiger partial charge < -0.3 is 20.7 Å². The van der Waals surface area contributed by atoms with Gasteiger partial charge in [-0.3, -0.25) is 9.59 Å². The van der Waals surface area contributed by atoms with Crippen LogP contribution in [0.25, 0.3) is 0 Å². The topological polar surface area (TPSA) is 84.7 Å².